The first kappa shape index (κ1) is 20.7. The Morgan fingerprint density at radius 3 is 2.44 bits per heavy atom. The smallest absolute Gasteiger partial charge is 0.241 e. The van der Waals surface area contributed by atoms with Gasteiger partial charge in [-0.15, -0.1) is 0 Å². The van der Waals surface area contributed by atoms with E-state index in [0.29, 0.717) is 11.5 Å². The van der Waals surface area contributed by atoms with Gasteiger partial charge in [0, 0.05) is 18.0 Å². The van der Waals surface area contributed by atoms with Crippen LogP contribution in [0.4, 0.5) is 10.1 Å². The van der Waals surface area contributed by atoms with Gasteiger partial charge < -0.3 is 20.5 Å². The number of rotatable bonds is 8. The zero-order chi connectivity index (χ0) is 20.0. The molecule has 146 valence electrons. The molecule has 0 spiro atoms. The van der Waals surface area contributed by atoms with Gasteiger partial charge in [0.1, 0.15) is 9.84 Å². The number of halogens is 1. The number of nitrogens with one attached hydrogen (secondary N) is 1. The normalized spacial score (nSPS) is 12.3. The zero-order valence-corrected chi connectivity index (χ0v) is 15.8. The number of carbonyl (C=O) groups is 1. The van der Waals surface area contributed by atoms with Gasteiger partial charge in [0.2, 0.25) is 5.91 Å². The predicted molar refractivity (Wildman–Crippen MR) is 100 cm³/mol. The molecule has 0 aliphatic heterocycles. The molecule has 1 amide bonds. The van der Waals surface area contributed by atoms with Gasteiger partial charge in [0.05, 0.1) is 18.9 Å². The van der Waals surface area contributed by atoms with E-state index in [9.17, 15) is 17.6 Å². The lowest BCUT2D eigenvalue weighted by molar-refractivity contribution is -0.117. The molecule has 0 aliphatic carbocycles. The molecule has 9 heteroatoms. The van der Waals surface area contributed by atoms with Crippen LogP contribution >= 0.6 is 0 Å². The van der Waals surface area contributed by atoms with Crippen molar-refractivity contribution < 1.29 is 27.1 Å². The van der Waals surface area contributed by atoms with Crippen LogP contribution in [-0.4, -0.2) is 39.5 Å². The van der Waals surface area contributed by atoms with Gasteiger partial charge in [0.15, 0.2) is 23.1 Å². The minimum Gasteiger partial charge on any atom is -0.493 e. The highest BCUT2D eigenvalue weighted by molar-refractivity contribution is 7.90. The van der Waals surface area contributed by atoms with Crippen molar-refractivity contribution in [1.82, 2.24) is 0 Å². The Hall–Kier alpha value is -2.65. The summed E-state index contributed by atoms with van der Waals surface area (Å²) in [7, 11) is -1.74. The quantitative estimate of drug-likeness (QED) is 0.709. The molecule has 1 unspecified atom stereocenters. The van der Waals surface area contributed by atoms with Crippen LogP contribution in [0.25, 0.3) is 0 Å². The first-order chi connectivity index (χ1) is 12.7. The summed E-state index contributed by atoms with van der Waals surface area (Å²) < 4.78 is 47.2. The topological polar surface area (TPSA) is 108 Å². The predicted octanol–water partition coefficient (Wildman–Crippen LogP) is 2.33. The second kappa shape index (κ2) is 8.83. The zero-order valence-electron chi connectivity index (χ0n) is 14.9. The number of hydrogen-bond donors (Lipinski definition) is 2. The Balaban J connectivity index is 2.04. The van der Waals surface area contributed by atoms with Crippen molar-refractivity contribution in [1.29, 1.82) is 0 Å². The van der Waals surface area contributed by atoms with E-state index in [4.69, 9.17) is 15.2 Å². The number of amides is 1. The van der Waals surface area contributed by atoms with Gasteiger partial charge in [-0.3, -0.25) is 4.79 Å². The number of nitrogens with two attached hydrogens (primary N) is 1. The van der Waals surface area contributed by atoms with E-state index in [0.717, 1.165) is 12.3 Å². The van der Waals surface area contributed by atoms with Crippen LogP contribution in [0.3, 0.4) is 0 Å². The Labute approximate surface area is 157 Å². The monoisotopic (exact) mass is 396 g/mol. The number of benzene rings is 2. The maximum atomic E-state index is 14.3. The Morgan fingerprint density at radius 1 is 1.19 bits per heavy atom. The highest BCUT2D eigenvalue weighted by Gasteiger charge is 2.17. The van der Waals surface area contributed by atoms with E-state index >= 15 is 0 Å². The molecular weight excluding hydrogens is 375 g/mol. The molecular formula is C18H21FN2O5S. The number of hydrogen-bond acceptors (Lipinski definition) is 6. The van der Waals surface area contributed by atoms with E-state index in [1.54, 1.807) is 24.3 Å². The maximum absolute atomic E-state index is 14.3. The van der Waals surface area contributed by atoms with Crippen molar-refractivity contribution in [2.24, 2.45) is 5.73 Å². The van der Waals surface area contributed by atoms with Gasteiger partial charge in [0.25, 0.3) is 0 Å². The molecule has 0 saturated heterocycles. The summed E-state index contributed by atoms with van der Waals surface area (Å²) in [6.45, 7) is 0. The number of ether oxygens (including phenoxy) is 2. The number of sulfone groups is 1. The highest BCUT2D eigenvalue weighted by Crippen LogP contribution is 2.33. The second-order valence-electron chi connectivity index (χ2n) is 5.91. The minimum absolute atomic E-state index is 0.0256. The summed E-state index contributed by atoms with van der Waals surface area (Å²) in [6.07, 6.45) is 1.04. The first-order valence-corrected chi connectivity index (χ1v) is 10.1. The third-order valence-electron chi connectivity index (χ3n) is 3.62. The lowest BCUT2D eigenvalue weighted by Crippen LogP contribution is -2.37. The molecule has 0 bridgehead atoms. The molecule has 2 aromatic carbocycles. The minimum atomic E-state index is -3.22. The third kappa shape index (κ3) is 6.22. The summed E-state index contributed by atoms with van der Waals surface area (Å²) in [6, 6.07) is 9.68. The summed E-state index contributed by atoms with van der Waals surface area (Å²) in [5.41, 5.74) is 5.85. The summed E-state index contributed by atoms with van der Waals surface area (Å²) in [5, 5.41) is 2.45. The molecule has 2 aromatic rings. The van der Waals surface area contributed by atoms with Gasteiger partial charge in [-0.05, 0) is 30.7 Å². The van der Waals surface area contributed by atoms with Gasteiger partial charge >= 0.3 is 0 Å². The van der Waals surface area contributed by atoms with Crippen LogP contribution in [-0.2, 0) is 14.6 Å². The third-order valence-corrected chi connectivity index (χ3v) is 4.60. The van der Waals surface area contributed by atoms with Crippen molar-refractivity contribution >= 4 is 21.4 Å². The molecule has 1 atom stereocenters. The lowest BCUT2D eigenvalue weighted by Gasteiger charge is -2.13. The molecule has 3 N–H and O–H groups in total. The van der Waals surface area contributed by atoms with Crippen molar-refractivity contribution in [2.45, 2.75) is 12.5 Å². The molecule has 27 heavy (non-hydrogen) atoms. The van der Waals surface area contributed by atoms with Gasteiger partial charge in [-0.2, -0.15) is 0 Å². The second-order valence-corrected chi connectivity index (χ2v) is 8.17. The highest BCUT2D eigenvalue weighted by atomic mass is 32.2. The van der Waals surface area contributed by atoms with Crippen molar-refractivity contribution in [3.05, 3.63) is 48.3 Å². The maximum Gasteiger partial charge on any atom is 0.241 e. The Kier molecular flexibility index (Phi) is 6.75. The van der Waals surface area contributed by atoms with Crippen molar-refractivity contribution in [2.75, 3.05) is 24.4 Å². The Morgan fingerprint density at radius 2 is 1.85 bits per heavy atom. The van der Waals surface area contributed by atoms with Crippen LogP contribution in [0.2, 0.25) is 0 Å². The SMILES string of the molecule is COc1ccccc1Oc1ccc(NC(=O)C(N)CCS(C)(=O)=O)cc1F. The number of anilines is 1. The average molecular weight is 396 g/mol. The van der Waals surface area contributed by atoms with Crippen LogP contribution in [0.5, 0.6) is 17.2 Å². The van der Waals surface area contributed by atoms with Crippen LogP contribution in [0.15, 0.2) is 42.5 Å². The van der Waals surface area contributed by atoms with E-state index in [-0.39, 0.29) is 23.6 Å². The molecule has 2 rings (SSSR count). The van der Waals surface area contributed by atoms with Gasteiger partial charge in [-0.1, -0.05) is 12.1 Å². The van der Waals surface area contributed by atoms with E-state index in [1.165, 1.54) is 19.2 Å². The molecule has 0 aromatic heterocycles. The molecule has 0 radical (unpaired) electrons. The van der Waals surface area contributed by atoms with Crippen LogP contribution in [0, 0.1) is 5.82 Å². The number of para-hydroxylation sites is 2. The average Bonchev–Trinajstić information content (AvgIpc) is 2.61. The molecule has 0 heterocycles. The van der Waals surface area contributed by atoms with E-state index in [2.05, 4.69) is 5.32 Å². The molecule has 0 aliphatic rings. The Bertz CT molecular complexity index is 918. The fourth-order valence-corrected chi connectivity index (χ4v) is 2.87. The summed E-state index contributed by atoms with van der Waals surface area (Å²) in [5.74, 6) is -0.745. The van der Waals surface area contributed by atoms with E-state index < -0.39 is 27.6 Å². The summed E-state index contributed by atoms with van der Waals surface area (Å²) >= 11 is 0. The number of methoxy groups -OCH3 is 1. The van der Waals surface area contributed by atoms with E-state index in [1.807, 2.05) is 0 Å². The molecule has 0 saturated carbocycles. The standard InChI is InChI=1S/C18H21FN2O5S/c1-25-16-5-3-4-6-17(16)26-15-8-7-12(11-13(15)19)21-18(22)14(20)9-10-27(2,23)24/h3-8,11,14H,9-10,20H2,1-2H3,(H,21,22). The van der Waals surface area contributed by atoms with Crippen LogP contribution < -0.4 is 20.5 Å². The van der Waals surface area contributed by atoms with Crippen LogP contribution in [0.1, 0.15) is 6.42 Å². The van der Waals surface area contributed by atoms with Gasteiger partial charge in [-0.25, -0.2) is 12.8 Å². The largest absolute Gasteiger partial charge is 0.493 e. The fourth-order valence-electron chi connectivity index (χ4n) is 2.19. The molecule has 0 fully saturated rings. The number of carbonyl (C=O) groups excluding carboxylic acids is 1. The molecule has 7 nitrogen and oxygen atoms in total. The summed E-state index contributed by atoms with van der Waals surface area (Å²) in [4.78, 5) is 12.0. The fraction of sp³-hybridized carbons (Fsp3) is 0.278. The lowest BCUT2D eigenvalue weighted by atomic mass is 10.2. The van der Waals surface area contributed by atoms with Crippen molar-refractivity contribution in [3.8, 4) is 17.2 Å². The first-order valence-electron chi connectivity index (χ1n) is 8.04. The van der Waals surface area contributed by atoms with Crippen molar-refractivity contribution in [3.63, 3.8) is 0 Å².